The van der Waals surface area contributed by atoms with Crippen LogP contribution in [0.3, 0.4) is 0 Å². The summed E-state index contributed by atoms with van der Waals surface area (Å²) in [6.45, 7) is 13.8. The van der Waals surface area contributed by atoms with Gasteiger partial charge in [0.1, 0.15) is 0 Å². The van der Waals surface area contributed by atoms with E-state index < -0.39 is 19.5 Å². The number of para-hydroxylation sites is 1. The van der Waals surface area contributed by atoms with Crippen molar-refractivity contribution in [2.75, 3.05) is 0 Å². The summed E-state index contributed by atoms with van der Waals surface area (Å²) in [7, 11) is 0. The van der Waals surface area contributed by atoms with Gasteiger partial charge < -0.3 is 24.8 Å². The largest absolute Gasteiger partial charge is 1.00 e. The summed E-state index contributed by atoms with van der Waals surface area (Å²) in [6.07, 6.45) is 0. The van der Waals surface area contributed by atoms with Crippen molar-refractivity contribution < 1.29 is 47.7 Å². The fourth-order valence-electron chi connectivity index (χ4n) is 4.14. The second kappa shape index (κ2) is 9.71. The molecule has 0 amide bonds. The Bertz CT molecular complexity index is 1030. The van der Waals surface area contributed by atoms with E-state index in [1.54, 1.807) is 0 Å². The predicted molar refractivity (Wildman–Crippen MR) is 118 cm³/mol. The van der Waals surface area contributed by atoms with Crippen LogP contribution in [0.4, 0.5) is 0 Å². The number of fused-ring (bicyclic) bond motifs is 3. The van der Waals surface area contributed by atoms with Crippen LogP contribution in [0, 0.1) is 0 Å². The summed E-state index contributed by atoms with van der Waals surface area (Å²) in [5.74, 6) is 0.987. The van der Waals surface area contributed by atoms with Crippen LogP contribution in [0.5, 0.6) is 5.75 Å². The molecule has 0 radical (unpaired) electrons. The van der Waals surface area contributed by atoms with Gasteiger partial charge in [-0.25, -0.2) is 0 Å². The van der Waals surface area contributed by atoms with Gasteiger partial charge in [-0.05, 0) is 0 Å². The smallest absolute Gasteiger partial charge is 1.00 e. The van der Waals surface area contributed by atoms with Gasteiger partial charge in [-0.1, -0.05) is 0 Å². The van der Waals surface area contributed by atoms with Gasteiger partial charge in [0.25, 0.3) is 0 Å². The van der Waals surface area contributed by atoms with Crippen LogP contribution in [-0.2, 0) is 30.4 Å². The summed E-state index contributed by atoms with van der Waals surface area (Å²) in [4.78, 5) is 0. The Morgan fingerprint density at radius 3 is 2.00 bits per heavy atom. The summed E-state index contributed by atoms with van der Waals surface area (Å²) in [5.41, 5.74) is 8.85. The number of halogens is 2. The first-order chi connectivity index (χ1) is 13.7. The van der Waals surface area contributed by atoms with Crippen molar-refractivity contribution in [2.45, 2.75) is 56.6 Å². The first-order valence-corrected chi connectivity index (χ1v) is 12.0. The van der Waals surface area contributed by atoms with Gasteiger partial charge in [-0.15, -0.1) is 0 Å². The van der Waals surface area contributed by atoms with Gasteiger partial charge >= 0.3 is 185 Å². The second-order valence-electron chi connectivity index (χ2n) is 10.0. The number of benzene rings is 3. The minimum absolute atomic E-state index is 0. The maximum absolute atomic E-state index is 6.35. The molecule has 4 rings (SSSR count). The molecule has 0 saturated heterocycles. The van der Waals surface area contributed by atoms with Crippen LogP contribution < -0.4 is 28.1 Å². The number of hydrogen-bond acceptors (Lipinski definition) is 1. The molecule has 0 aromatic heterocycles. The Morgan fingerprint density at radius 2 is 1.39 bits per heavy atom. The molecule has 1 unspecified atom stereocenters. The second-order valence-corrected chi connectivity index (χ2v) is 11.6. The third kappa shape index (κ3) is 5.23. The topological polar surface area (TPSA) is 9.23 Å². The normalized spacial score (nSPS) is 14.5. The molecule has 1 aliphatic carbocycles. The molecule has 3 aromatic carbocycles. The van der Waals surface area contributed by atoms with Gasteiger partial charge in [0.05, 0.1) is 0 Å². The molecule has 0 N–H and O–H groups in total. The monoisotopic (exact) mass is 488 g/mol. The zero-order chi connectivity index (χ0) is 20.8. The molecule has 162 valence electrons. The van der Waals surface area contributed by atoms with Crippen LogP contribution >= 0.6 is 0 Å². The van der Waals surface area contributed by atoms with Gasteiger partial charge in [-0.2, -0.15) is 0 Å². The molecule has 31 heavy (non-hydrogen) atoms. The summed E-state index contributed by atoms with van der Waals surface area (Å²) in [6, 6.07) is 24.3. The maximum Gasteiger partial charge on any atom is -1.00 e. The van der Waals surface area contributed by atoms with Gasteiger partial charge in [-0.3, -0.25) is 0 Å². The van der Waals surface area contributed by atoms with E-state index in [1.807, 2.05) is 18.2 Å². The summed E-state index contributed by atoms with van der Waals surface area (Å²) < 4.78 is 6.74. The van der Waals surface area contributed by atoms with Gasteiger partial charge in [0.15, 0.2) is 0 Å². The minimum atomic E-state index is -0.685. The van der Waals surface area contributed by atoms with E-state index in [9.17, 15) is 0 Å². The number of hydrogen-bond donors (Lipinski definition) is 0. The SMILES string of the molecule is CC(C)(C)c1ccc2c(c1)-c1c(cccc1C(C)(C)C)[CH]2[Ti+2][O]c1ccccc1.[Cl-].[Cl-]. The Balaban J connectivity index is 0.00000171. The van der Waals surface area contributed by atoms with E-state index in [0.717, 1.165) is 5.75 Å². The van der Waals surface area contributed by atoms with Gasteiger partial charge in [0.2, 0.25) is 0 Å². The molecule has 0 spiro atoms. The van der Waals surface area contributed by atoms with Crippen molar-refractivity contribution in [3.8, 4) is 16.9 Å². The van der Waals surface area contributed by atoms with Crippen molar-refractivity contribution in [2.24, 2.45) is 0 Å². The van der Waals surface area contributed by atoms with E-state index in [0.29, 0.717) is 4.22 Å². The quantitative estimate of drug-likeness (QED) is 0.507. The zero-order valence-corrected chi connectivity index (χ0v) is 22.2. The zero-order valence-electron chi connectivity index (χ0n) is 19.1. The van der Waals surface area contributed by atoms with E-state index in [1.165, 1.54) is 33.4 Å². The van der Waals surface area contributed by atoms with E-state index in [2.05, 4.69) is 90.1 Å². The maximum atomic E-state index is 6.35. The first kappa shape index (κ1) is 26.0. The van der Waals surface area contributed by atoms with Crippen LogP contribution in [-0.4, -0.2) is 0 Å². The average Bonchev–Trinajstić information content (AvgIpc) is 2.99. The fraction of sp³-hybridized carbons (Fsp3) is 0.333. The molecule has 0 saturated carbocycles. The van der Waals surface area contributed by atoms with Crippen molar-refractivity contribution in [1.29, 1.82) is 0 Å². The van der Waals surface area contributed by atoms with Crippen molar-refractivity contribution in [3.63, 3.8) is 0 Å². The van der Waals surface area contributed by atoms with Crippen LogP contribution in [0.25, 0.3) is 11.1 Å². The Hall–Kier alpha value is -1.25. The van der Waals surface area contributed by atoms with Crippen molar-refractivity contribution in [1.82, 2.24) is 0 Å². The van der Waals surface area contributed by atoms with E-state index in [-0.39, 0.29) is 35.6 Å². The average molecular weight is 489 g/mol. The molecular formula is C27H30Cl2OTi. The van der Waals surface area contributed by atoms with Gasteiger partial charge in [0, 0.05) is 0 Å². The molecule has 1 nitrogen and oxygen atoms in total. The third-order valence-corrected chi connectivity index (χ3v) is 7.64. The van der Waals surface area contributed by atoms with Crippen LogP contribution in [0.2, 0.25) is 0 Å². The Morgan fingerprint density at radius 1 is 0.710 bits per heavy atom. The molecule has 0 bridgehead atoms. The first-order valence-electron chi connectivity index (χ1n) is 10.4. The Kier molecular flexibility index (Phi) is 8.15. The van der Waals surface area contributed by atoms with Crippen molar-refractivity contribution in [3.05, 3.63) is 89.0 Å². The molecule has 1 aliphatic rings. The predicted octanol–water partition coefficient (Wildman–Crippen LogP) is 1.44. The fourth-order valence-corrected chi connectivity index (χ4v) is 5.91. The molecule has 0 heterocycles. The number of rotatable bonds is 3. The molecule has 3 aromatic rings. The molecule has 1 atom stereocenters. The summed E-state index contributed by atoms with van der Waals surface area (Å²) in [5, 5.41) is 0. The Labute approximate surface area is 209 Å². The third-order valence-electron chi connectivity index (χ3n) is 5.75. The molecule has 0 fully saturated rings. The molecular weight excluding hydrogens is 459 g/mol. The minimum Gasteiger partial charge on any atom is -1.00 e. The van der Waals surface area contributed by atoms with Crippen LogP contribution in [0.15, 0.2) is 66.7 Å². The van der Waals surface area contributed by atoms with E-state index in [4.69, 9.17) is 3.32 Å². The molecule has 0 aliphatic heterocycles. The van der Waals surface area contributed by atoms with Crippen molar-refractivity contribution >= 4 is 0 Å². The standard InChI is InChI=1S/C21H25.C6H6O.2ClH.Ti/c1-20(2,3)16-11-10-14-12-15-8-7-9-18(21(4,5)6)19(15)17(14)13-16;7-6-4-2-1-3-5-6;;;/h7-13H,1-6H3;1-5,7H;2*1H;/q;;;;+3/p-3. The van der Waals surface area contributed by atoms with E-state index >= 15 is 0 Å². The van der Waals surface area contributed by atoms with Crippen LogP contribution in [0.1, 0.15) is 68.0 Å². The summed E-state index contributed by atoms with van der Waals surface area (Å²) >= 11 is -0.685. The molecule has 4 heteroatoms.